The number of hydrogen-bond acceptors (Lipinski definition) is 2. The maximum Gasteiger partial charge on any atom is 0.155 e. The van der Waals surface area contributed by atoms with Crippen LogP contribution in [0.4, 0.5) is 0 Å². The first kappa shape index (κ1) is 15.6. The van der Waals surface area contributed by atoms with Gasteiger partial charge in [-0.15, -0.1) is 0 Å². The minimum atomic E-state index is -0.145. The summed E-state index contributed by atoms with van der Waals surface area (Å²) < 4.78 is 0. The van der Waals surface area contributed by atoms with Gasteiger partial charge in [-0.1, -0.05) is 31.6 Å². The average molecular weight is 314 g/mol. The van der Waals surface area contributed by atoms with Gasteiger partial charge in [0.05, 0.1) is 6.10 Å². The van der Waals surface area contributed by atoms with Crippen molar-refractivity contribution in [2.75, 3.05) is 0 Å². The molecule has 0 amide bonds. The number of aliphatic hydroxyl groups is 1. The third-order valence-electron chi connectivity index (χ3n) is 8.15. The van der Waals surface area contributed by atoms with E-state index >= 15 is 0 Å². The van der Waals surface area contributed by atoms with Crippen molar-refractivity contribution in [2.24, 2.45) is 28.6 Å². The van der Waals surface area contributed by atoms with E-state index in [1.165, 1.54) is 24.0 Å². The molecule has 0 bridgehead atoms. The van der Waals surface area contributed by atoms with E-state index in [-0.39, 0.29) is 16.9 Å². The number of fused-ring (bicyclic) bond motifs is 5. The number of rotatable bonds is 1. The molecule has 1 N–H and O–H groups in total. The number of carbonyl (C=O) groups excluding carboxylic acids is 1. The number of carbonyl (C=O) groups is 1. The first-order valence-corrected chi connectivity index (χ1v) is 9.52. The fraction of sp³-hybridized carbons (Fsp3) is 0.762. The van der Waals surface area contributed by atoms with Gasteiger partial charge in [0.1, 0.15) is 0 Å². The highest BCUT2D eigenvalue weighted by Crippen LogP contribution is 2.67. The molecule has 4 aliphatic rings. The molecule has 3 saturated carbocycles. The molecule has 0 spiro atoms. The molecule has 0 saturated heterocycles. The summed E-state index contributed by atoms with van der Waals surface area (Å²) in [5.41, 5.74) is 2.97. The third kappa shape index (κ3) is 1.94. The molecule has 4 aliphatic carbocycles. The summed E-state index contributed by atoms with van der Waals surface area (Å²) in [7, 11) is 0. The molecular formula is C21H30O2. The number of ketones is 1. The highest BCUT2D eigenvalue weighted by molar-refractivity contribution is 5.91. The van der Waals surface area contributed by atoms with E-state index in [0.717, 1.165) is 32.1 Å². The molecule has 2 heteroatoms. The Labute approximate surface area is 140 Å². The lowest BCUT2D eigenvalue weighted by Gasteiger charge is -2.59. The maximum absolute atomic E-state index is 11.9. The molecule has 0 aromatic carbocycles. The third-order valence-corrected chi connectivity index (χ3v) is 8.15. The normalized spacial score (nSPS) is 49.3. The van der Waals surface area contributed by atoms with Crippen LogP contribution >= 0.6 is 0 Å². The molecule has 6 atom stereocenters. The molecule has 0 radical (unpaired) electrons. The standard InChI is InChI=1S/C21H30O2/c1-4-21-12-13(2)19-16(17(21)7-8-18(21)23)6-5-14-11-15(22)9-10-20(14,19)3/h11,16-19,23H,2,4-10,12H2,1,3H3. The number of hydrogen-bond donors (Lipinski definition) is 1. The van der Waals surface area contributed by atoms with Gasteiger partial charge in [-0.3, -0.25) is 4.79 Å². The Morgan fingerprint density at radius 2 is 2.09 bits per heavy atom. The lowest BCUT2D eigenvalue weighted by atomic mass is 9.45. The lowest BCUT2D eigenvalue weighted by Crippen LogP contribution is -2.53. The van der Waals surface area contributed by atoms with Crippen LogP contribution in [0.5, 0.6) is 0 Å². The first-order valence-electron chi connectivity index (χ1n) is 9.52. The van der Waals surface area contributed by atoms with E-state index in [9.17, 15) is 9.90 Å². The van der Waals surface area contributed by atoms with Gasteiger partial charge in [-0.2, -0.15) is 0 Å². The summed E-state index contributed by atoms with van der Waals surface area (Å²) in [5.74, 6) is 2.14. The monoisotopic (exact) mass is 314 g/mol. The van der Waals surface area contributed by atoms with E-state index in [4.69, 9.17) is 0 Å². The van der Waals surface area contributed by atoms with Gasteiger partial charge >= 0.3 is 0 Å². The zero-order valence-electron chi connectivity index (χ0n) is 14.6. The Morgan fingerprint density at radius 1 is 1.30 bits per heavy atom. The Morgan fingerprint density at radius 3 is 2.83 bits per heavy atom. The van der Waals surface area contributed by atoms with Gasteiger partial charge in [-0.25, -0.2) is 0 Å². The van der Waals surface area contributed by atoms with E-state index < -0.39 is 0 Å². The summed E-state index contributed by atoms with van der Waals surface area (Å²) in [5, 5.41) is 10.7. The molecule has 126 valence electrons. The lowest BCUT2D eigenvalue weighted by molar-refractivity contribution is -0.117. The zero-order chi connectivity index (χ0) is 16.4. The largest absolute Gasteiger partial charge is 0.393 e. The average Bonchev–Trinajstić information content (AvgIpc) is 2.85. The van der Waals surface area contributed by atoms with Crippen LogP contribution in [0, 0.1) is 28.6 Å². The summed E-state index contributed by atoms with van der Waals surface area (Å²) in [4.78, 5) is 11.9. The van der Waals surface area contributed by atoms with Crippen LogP contribution in [0.1, 0.15) is 65.2 Å². The summed E-state index contributed by atoms with van der Waals surface area (Å²) >= 11 is 0. The van der Waals surface area contributed by atoms with Gasteiger partial charge in [0, 0.05) is 11.8 Å². The molecule has 0 aromatic heterocycles. The molecular weight excluding hydrogens is 284 g/mol. The van der Waals surface area contributed by atoms with Crippen LogP contribution in [-0.2, 0) is 4.79 Å². The van der Waals surface area contributed by atoms with Crippen molar-refractivity contribution in [3.8, 4) is 0 Å². The zero-order valence-corrected chi connectivity index (χ0v) is 14.6. The van der Waals surface area contributed by atoms with Gasteiger partial charge in [0.25, 0.3) is 0 Å². The van der Waals surface area contributed by atoms with Crippen LogP contribution < -0.4 is 0 Å². The topological polar surface area (TPSA) is 37.3 Å². The van der Waals surface area contributed by atoms with E-state index in [1.807, 2.05) is 6.08 Å². The van der Waals surface area contributed by atoms with Crippen molar-refractivity contribution in [3.63, 3.8) is 0 Å². The van der Waals surface area contributed by atoms with E-state index in [1.54, 1.807) is 0 Å². The van der Waals surface area contributed by atoms with Gasteiger partial charge in [-0.05, 0) is 74.2 Å². The van der Waals surface area contributed by atoms with Gasteiger partial charge in [0.2, 0.25) is 0 Å². The maximum atomic E-state index is 11.9. The molecule has 0 heterocycles. The predicted molar refractivity (Wildman–Crippen MR) is 91.9 cm³/mol. The molecule has 4 rings (SSSR count). The predicted octanol–water partition coefficient (Wildman–Crippen LogP) is 4.44. The highest BCUT2D eigenvalue weighted by Gasteiger charge is 2.61. The van der Waals surface area contributed by atoms with Crippen LogP contribution in [0.25, 0.3) is 0 Å². The number of allylic oxidation sites excluding steroid dienone is 2. The van der Waals surface area contributed by atoms with Crippen LogP contribution in [-0.4, -0.2) is 17.0 Å². The van der Waals surface area contributed by atoms with Crippen molar-refractivity contribution in [2.45, 2.75) is 71.3 Å². The quantitative estimate of drug-likeness (QED) is 0.727. The second-order valence-electron chi connectivity index (χ2n) is 8.85. The second kappa shape index (κ2) is 5.05. The van der Waals surface area contributed by atoms with Crippen molar-refractivity contribution < 1.29 is 9.90 Å². The fourth-order valence-corrected chi connectivity index (χ4v) is 7.04. The molecule has 2 nitrogen and oxygen atoms in total. The van der Waals surface area contributed by atoms with Crippen molar-refractivity contribution in [1.29, 1.82) is 0 Å². The fourth-order valence-electron chi connectivity index (χ4n) is 7.04. The SMILES string of the molecule is C=C1CC2(CC)C(O)CCC2C2CCC3=CC(=O)CCC3(C)C12. The smallest absolute Gasteiger partial charge is 0.155 e. The van der Waals surface area contributed by atoms with Crippen LogP contribution in [0.15, 0.2) is 23.8 Å². The molecule has 0 aromatic rings. The molecule has 0 aliphatic heterocycles. The van der Waals surface area contributed by atoms with Crippen molar-refractivity contribution >= 4 is 5.78 Å². The Balaban J connectivity index is 1.76. The molecule has 3 fully saturated rings. The van der Waals surface area contributed by atoms with Crippen molar-refractivity contribution in [1.82, 2.24) is 0 Å². The minimum Gasteiger partial charge on any atom is -0.393 e. The van der Waals surface area contributed by atoms with Crippen molar-refractivity contribution in [3.05, 3.63) is 23.8 Å². The molecule has 23 heavy (non-hydrogen) atoms. The van der Waals surface area contributed by atoms with E-state index in [2.05, 4.69) is 20.4 Å². The van der Waals surface area contributed by atoms with Gasteiger partial charge < -0.3 is 5.11 Å². The molecule has 6 unspecified atom stereocenters. The highest BCUT2D eigenvalue weighted by atomic mass is 16.3. The summed E-state index contributed by atoms with van der Waals surface area (Å²) in [6, 6.07) is 0. The Kier molecular flexibility index (Phi) is 3.43. The summed E-state index contributed by atoms with van der Waals surface area (Å²) in [6.07, 6.45) is 9.96. The van der Waals surface area contributed by atoms with Gasteiger partial charge in [0.15, 0.2) is 5.78 Å². The second-order valence-corrected chi connectivity index (χ2v) is 8.85. The Bertz CT molecular complexity index is 589. The van der Waals surface area contributed by atoms with E-state index in [0.29, 0.717) is 30.0 Å². The minimum absolute atomic E-state index is 0.0836. The first-order chi connectivity index (χ1) is 10.9. The number of aliphatic hydroxyl groups excluding tert-OH is 1. The Hall–Kier alpha value is -0.890. The van der Waals surface area contributed by atoms with Crippen LogP contribution in [0.2, 0.25) is 0 Å². The summed E-state index contributed by atoms with van der Waals surface area (Å²) in [6.45, 7) is 9.16. The van der Waals surface area contributed by atoms with Crippen LogP contribution in [0.3, 0.4) is 0 Å².